The molecule has 0 fully saturated rings. The molecule has 0 radical (unpaired) electrons. The van der Waals surface area contributed by atoms with Gasteiger partial charge in [-0.25, -0.2) is 4.79 Å². The lowest BCUT2D eigenvalue weighted by molar-refractivity contribution is 0.0544. The molecule has 0 bridgehead atoms. The Bertz CT molecular complexity index is 613. The topological polar surface area (TPSA) is 31.2 Å². The molecule has 2 rings (SSSR count). The van der Waals surface area contributed by atoms with Gasteiger partial charge in [-0.05, 0) is 54.9 Å². The lowest BCUT2D eigenvalue weighted by atomic mass is 10.2. The molecule has 2 aromatic rings. The standard InChI is InChI=1S/C13H13BrClNO2/c1-13(2,3)18-12(17)16-5-4-8-6-9(15)7-10(14)11(8)16/h4-7H,1-3H3. The summed E-state index contributed by atoms with van der Waals surface area (Å²) in [4.78, 5) is 12.1. The summed E-state index contributed by atoms with van der Waals surface area (Å²) in [5.41, 5.74) is 0.237. The van der Waals surface area contributed by atoms with E-state index in [1.807, 2.05) is 32.9 Å². The maximum Gasteiger partial charge on any atom is 0.419 e. The molecule has 1 heterocycles. The highest BCUT2D eigenvalue weighted by Gasteiger charge is 2.20. The fourth-order valence-electron chi connectivity index (χ4n) is 1.66. The van der Waals surface area contributed by atoms with Crippen LogP contribution in [-0.4, -0.2) is 16.3 Å². The molecule has 0 unspecified atom stereocenters. The van der Waals surface area contributed by atoms with E-state index in [9.17, 15) is 4.79 Å². The number of carbonyl (C=O) groups is 1. The Hall–Kier alpha value is -1.000. The van der Waals surface area contributed by atoms with Gasteiger partial charge < -0.3 is 4.74 Å². The molecule has 0 aliphatic heterocycles. The second-order valence-electron chi connectivity index (χ2n) is 4.99. The average molecular weight is 331 g/mol. The third-order valence-corrected chi connectivity index (χ3v) is 3.11. The van der Waals surface area contributed by atoms with E-state index in [1.54, 1.807) is 12.3 Å². The van der Waals surface area contributed by atoms with E-state index in [0.29, 0.717) is 5.02 Å². The fourth-order valence-corrected chi connectivity index (χ4v) is 2.68. The Kier molecular flexibility index (Phi) is 3.43. The predicted molar refractivity (Wildman–Crippen MR) is 76.3 cm³/mol. The van der Waals surface area contributed by atoms with Crippen molar-refractivity contribution >= 4 is 44.5 Å². The largest absolute Gasteiger partial charge is 0.443 e. The van der Waals surface area contributed by atoms with E-state index in [1.165, 1.54) is 4.57 Å². The number of nitrogens with zero attached hydrogens (tertiary/aromatic N) is 1. The van der Waals surface area contributed by atoms with Crippen LogP contribution in [0.5, 0.6) is 0 Å². The molecule has 0 aliphatic carbocycles. The van der Waals surface area contributed by atoms with Gasteiger partial charge in [0.2, 0.25) is 0 Å². The van der Waals surface area contributed by atoms with Gasteiger partial charge in [-0.3, -0.25) is 4.57 Å². The van der Waals surface area contributed by atoms with Gasteiger partial charge in [0.1, 0.15) is 5.60 Å². The number of rotatable bonds is 0. The normalized spacial score (nSPS) is 11.8. The number of benzene rings is 1. The average Bonchev–Trinajstić information content (AvgIpc) is 2.58. The van der Waals surface area contributed by atoms with Crippen molar-refractivity contribution in [2.75, 3.05) is 0 Å². The zero-order chi connectivity index (χ0) is 13.5. The molecule has 0 atom stereocenters. The van der Waals surface area contributed by atoms with Gasteiger partial charge in [-0.1, -0.05) is 11.6 Å². The fraction of sp³-hybridized carbons (Fsp3) is 0.308. The molecule has 0 amide bonds. The van der Waals surface area contributed by atoms with Gasteiger partial charge in [-0.15, -0.1) is 0 Å². The van der Waals surface area contributed by atoms with Gasteiger partial charge in [0.15, 0.2) is 0 Å². The van der Waals surface area contributed by atoms with Crippen molar-refractivity contribution in [3.8, 4) is 0 Å². The Labute approximate surface area is 119 Å². The highest BCUT2D eigenvalue weighted by molar-refractivity contribution is 9.10. The molecule has 0 aliphatic rings. The highest BCUT2D eigenvalue weighted by atomic mass is 79.9. The van der Waals surface area contributed by atoms with Crippen LogP contribution in [0.1, 0.15) is 20.8 Å². The minimum atomic E-state index is -0.521. The van der Waals surface area contributed by atoms with E-state index < -0.39 is 11.7 Å². The molecule has 5 heteroatoms. The van der Waals surface area contributed by atoms with Crippen LogP contribution in [0.4, 0.5) is 4.79 Å². The summed E-state index contributed by atoms with van der Waals surface area (Å²) in [5.74, 6) is 0. The SMILES string of the molecule is CC(C)(C)OC(=O)n1ccc2cc(Cl)cc(Br)c21. The lowest BCUT2D eigenvalue weighted by Crippen LogP contribution is -2.26. The molecule has 0 spiro atoms. The predicted octanol–water partition coefficient (Wildman–Crippen LogP) is 4.84. The maximum absolute atomic E-state index is 12.1. The molecule has 3 nitrogen and oxygen atoms in total. The summed E-state index contributed by atoms with van der Waals surface area (Å²) in [6.07, 6.45) is 1.28. The lowest BCUT2D eigenvalue weighted by Gasteiger charge is -2.20. The first kappa shape index (κ1) is 13.4. The minimum absolute atomic E-state index is 0.402. The summed E-state index contributed by atoms with van der Waals surface area (Å²) in [6, 6.07) is 5.39. The number of hydrogen-bond donors (Lipinski definition) is 0. The maximum atomic E-state index is 12.1. The number of aromatic nitrogens is 1. The third kappa shape index (κ3) is 2.70. The molecule has 0 saturated heterocycles. The van der Waals surface area contributed by atoms with Crippen LogP contribution >= 0.6 is 27.5 Å². The number of carbonyl (C=O) groups excluding carboxylic acids is 1. The number of ether oxygens (including phenoxy) is 1. The first-order valence-corrected chi connectivity index (χ1v) is 6.64. The van der Waals surface area contributed by atoms with Crippen molar-refractivity contribution in [1.82, 2.24) is 4.57 Å². The van der Waals surface area contributed by atoms with Crippen molar-refractivity contribution in [3.05, 3.63) is 33.9 Å². The molecular weight excluding hydrogens is 318 g/mol. The first-order valence-electron chi connectivity index (χ1n) is 5.47. The summed E-state index contributed by atoms with van der Waals surface area (Å²) < 4.78 is 7.58. The minimum Gasteiger partial charge on any atom is -0.443 e. The van der Waals surface area contributed by atoms with Gasteiger partial charge in [0.25, 0.3) is 0 Å². The van der Waals surface area contributed by atoms with Crippen LogP contribution in [0, 0.1) is 0 Å². The van der Waals surface area contributed by atoms with Crippen molar-refractivity contribution in [2.45, 2.75) is 26.4 Å². The second-order valence-corrected chi connectivity index (χ2v) is 6.28. The van der Waals surface area contributed by atoms with Gasteiger partial charge >= 0.3 is 6.09 Å². The molecule has 18 heavy (non-hydrogen) atoms. The van der Waals surface area contributed by atoms with Crippen LogP contribution in [-0.2, 0) is 4.74 Å². The molecular formula is C13H13BrClNO2. The van der Waals surface area contributed by atoms with Crippen LogP contribution in [0.3, 0.4) is 0 Å². The quantitative estimate of drug-likeness (QED) is 0.692. The highest BCUT2D eigenvalue weighted by Crippen LogP contribution is 2.29. The van der Waals surface area contributed by atoms with E-state index in [0.717, 1.165) is 15.4 Å². The van der Waals surface area contributed by atoms with Crippen molar-refractivity contribution in [3.63, 3.8) is 0 Å². The molecule has 1 aromatic heterocycles. The molecule has 96 valence electrons. The number of fused-ring (bicyclic) bond motifs is 1. The Morgan fingerprint density at radius 3 is 2.67 bits per heavy atom. The van der Waals surface area contributed by atoms with E-state index in [2.05, 4.69) is 15.9 Å². The van der Waals surface area contributed by atoms with Crippen LogP contribution < -0.4 is 0 Å². The van der Waals surface area contributed by atoms with E-state index >= 15 is 0 Å². The van der Waals surface area contributed by atoms with Gasteiger partial charge in [0.05, 0.1) is 5.52 Å². The first-order chi connectivity index (χ1) is 8.28. The van der Waals surface area contributed by atoms with E-state index in [-0.39, 0.29) is 0 Å². The van der Waals surface area contributed by atoms with Crippen molar-refractivity contribution < 1.29 is 9.53 Å². The third-order valence-electron chi connectivity index (χ3n) is 2.29. The molecule has 0 N–H and O–H groups in total. The van der Waals surface area contributed by atoms with Crippen molar-refractivity contribution in [2.24, 2.45) is 0 Å². The zero-order valence-electron chi connectivity index (χ0n) is 10.3. The monoisotopic (exact) mass is 329 g/mol. The van der Waals surface area contributed by atoms with Crippen LogP contribution in [0.25, 0.3) is 10.9 Å². The summed E-state index contributed by atoms with van der Waals surface area (Å²) >= 11 is 9.38. The van der Waals surface area contributed by atoms with Gasteiger partial charge in [-0.2, -0.15) is 0 Å². The Morgan fingerprint density at radius 1 is 1.39 bits per heavy atom. The second kappa shape index (κ2) is 4.59. The van der Waals surface area contributed by atoms with E-state index in [4.69, 9.17) is 16.3 Å². The Balaban J connectivity index is 2.50. The Morgan fingerprint density at radius 2 is 2.06 bits per heavy atom. The molecule has 1 aromatic carbocycles. The van der Waals surface area contributed by atoms with Crippen LogP contribution in [0.15, 0.2) is 28.9 Å². The summed E-state index contributed by atoms with van der Waals surface area (Å²) in [6.45, 7) is 5.51. The number of hydrogen-bond acceptors (Lipinski definition) is 2. The zero-order valence-corrected chi connectivity index (χ0v) is 12.7. The smallest absolute Gasteiger partial charge is 0.419 e. The summed E-state index contributed by atoms with van der Waals surface area (Å²) in [5, 5.41) is 1.51. The van der Waals surface area contributed by atoms with Crippen LogP contribution in [0.2, 0.25) is 5.02 Å². The number of halogens is 2. The summed E-state index contributed by atoms with van der Waals surface area (Å²) in [7, 11) is 0. The molecule has 0 saturated carbocycles. The van der Waals surface area contributed by atoms with Crippen molar-refractivity contribution in [1.29, 1.82) is 0 Å². The van der Waals surface area contributed by atoms with Gasteiger partial charge in [0, 0.05) is 21.1 Å².